The summed E-state index contributed by atoms with van der Waals surface area (Å²) < 4.78 is 33.3. The number of sulfonamides is 1. The summed E-state index contributed by atoms with van der Waals surface area (Å²) in [5.74, 6) is 1.83. The van der Waals surface area contributed by atoms with Crippen molar-refractivity contribution in [1.29, 1.82) is 0 Å². The Hall–Kier alpha value is -2.97. The van der Waals surface area contributed by atoms with Crippen LogP contribution in [0.1, 0.15) is 17.5 Å². The Morgan fingerprint density at radius 3 is 2.47 bits per heavy atom. The smallest absolute Gasteiger partial charge is 0.264 e. The lowest BCUT2D eigenvalue weighted by molar-refractivity contribution is -0.119. The highest BCUT2D eigenvalue weighted by Crippen LogP contribution is 2.32. The molecule has 6 nitrogen and oxygen atoms in total. The lowest BCUT2D eigenvalue weighted by atomic mass is 10.2. The largest absolute Gasteiger partial charge is 0.495 e. The molecule has 0 atom stereocenters. The van der Waals surface area contributed by atoms with Gasteiger partial charge in [-0.1, -0.05) is 60.2 Å². The summed E-state index contributed by atoms with van der Waals surface area (Å²) in [6.07, 6.45) is 0.794. The molecule has 0 bridgehead atoms. The Morgan fingerprint density at radius 1 is 1.00 bits per heavy atom. The summed E-state index contributed by atoms with van der Waals surface area (Å²) in [7, 11) is -2.49. The Kier molecular flexibility index (Phi) is 9.42. The predicted molar refractivity (Wildman–Crippen MR) is 139 cm³/mol. The number of amides is 1. The number of nitrogens with zero attached hydrogens (tertiary/aromatic N) is 1. The number of methoxy groups -OCH3 is 1. The number of carbonyl (C=O) groups excluding carboxylic acids is 1. The topological polar surface area (TPSA) is 75.7 Å². The van der Waals surface area contributed by atoms with Gasteiger partial charge in [0.25, 0.3) is 10.0 Å². The van der Waals surface area contributed by atoms with Gasteiger partial charge in [0, 0.05) is 12.3 Å². The summed E-state index contributed by atoms with van der Waals surface area (Å²) in [6.45, 7) is 2.22. The van der Waals surface area contributed by atoms with Crippen molar-refractivity contribution >= 4 is 33.4 Å². The first kappa shape index (κ1) is 25.6. The van der Waals surface area contributed by atoms with Crippen molar-refractivity contribution in [1.82, 2.24) is 5.32 Å². The normalized spacial score (nSPS) is 11.1. The van der Waals surface area contributed by atoms with E-state index in [9.17, 15) is 13.2 Å². The van der Waals surface area contributed by atoms with Crippen molar-refractivity contribution in [3.63, 3.8) is 0 Å². The van der Waals surface area contributed by atoms with E-state index in [4.69, 9.17) is 4.74 Å². The molecule has 0 fully saturated rings. The van der Waals surface area contributed by atoms with Crippen LogP contribution in [0.25, 0.3) is 0 Å². The van der Waals surface area contributed by atoms with E-state index in [0.717, 1.165) is 22.2 Å². The van der Waals surface area contributed by atoms with Crippen molar-refractivity contribution < 1.29 is 17.9 Å². The number of hydrogen-bond acceptors (Lipinski definition) is 5. The van der Waals surface area contributed by atoms with Gasteiger partial charge in [-0.15, -0.1) is 0 Å². The Morgan fingerprint density at radius 2 is 1.74 bits per heavy atom. The zero-order valence-electron chi connectivity index (χ0n) is 19.4. The summed E-state index contributed by atoms with van der Waals surface area (Å²) in [5.41, 5.74) is 2.85. The fraction of sp³-hybridized carbons (Fsp3) is 0.269. The summed E-state index contributed by atoms with van der Waals surface area (Å²) in [5, 5.41) is 2.85. The van der Waals surface area contributed by atoms with Gasteiger partial charge >= 0.3 is 0 Å². The minimum Gasteiger partial charge on any atom is -0.495 e. The molecule has 180 valence electrons. The molecule has 0 unspecified atom stereocenters. The molecular formula is C26H30N2O4S2. The monoisotopic (exact) mass is 498 g/mol. The summed E-state index contributed by atoms with van der Waals surface area (Å²) in [4.78, 5) is 12.8. The summed E-state index contributed by atoms with van der Waals surface area (Å²) >= 11 is 1.81. The molecule has 3 aromatic rings. The predicted octanol–water partition coefficient (Wildman–Crippen LogP) is 4.64. The van der Waals surface area contributed by atoms with Gasteiger partial charge in [-0.3, -0.25) is 9.10 Å². The van der Waals surface area contributed by atoms with Gasteiger partial charge in [-0.2, -0.15) is 11.8 Å². The second kappa shape index (κ2) is 12.5. The Balaban J connectivity index is 1.60. The average molecular weight is 499 g/mol. The Labute approximate surface area is 206 Å². The van der Waals surface area contributed by atoms with Crippen LogP contribution in [0.2, 0.25) is 0 Å². The van der Waals surface area contributed by atoms with Crippen molar-refractivity contribution in [2.24, 2.45) is 0 Å². The van der Waals surface area contributed by atoms with Crippen molar-refractivity contribution in [3.8, 4) is 5.75 Å². The number of benzene rings is 3. The number of thioether (sulfide) groups is 1. The average Bonchev–Trinajstić information content (AvgIpc) is 2.85. The van der Waals surface area contributed by atoms with Crippen molar-refractivity contribution in [2.45, 2.75) is 24.0 Å². The first-order valence-corrected chi connectivity index (χ1v) is 13.6. The molecule has 0 heterocycles. The number of ether oxygens (including phenoxy) is 1. The molecule has 0 saturated heterocycles. The number of nitrogens with one attached hydrogen (secondary N) is 1. The molecular weight excluding hydrogens is 468 g/mol. The highest BCUT2D eigenvalue weighted by Gasteiger charge is 2.29. The molecule has 0 aromatic heterocycles. The van der Waals surface area contributed by atoms with Crippen LogP contribution in [-0.2, 0) is 20.6 Å². The van der Waals surface area contributed by atoms with Gasteiger partial charge < -0.3 is 10.1 Å². The van der Waals surface area contributed by atoms with Gasteiger partial charge in [-0.05, 0) is 48.9 Å². The van der Waals surface area contributed by atoms with E-state index in [1.807, 2.05) is 11.8 Å². The third-order valence-electron chi connectivity index (χ3n) is 5.11. The van der Waals surface area contributed by atoms with Crippen LogP contribution in [0.5, 0.6) is 5.75 Å². The third kappa shape index (κ3) is 7.01. The molecule has 3 rings (SSSR count). The van der Waals surface area contributed by atoms with Crippen LogP contribution in [0, 0.1) is 6.92 Å². The lowest BCUT2D eigenvalue weighted by Crippen LogP contribution is -2.41. The van der Waals surface area contributed by atoms with Crippen molar-refractivity contribution in [2.75, 3.05) is 30.3 Å². The zero-order chi connectivity index (χ0) is 24.4. The van der Waals surface area contributed by atoms with E-state index >= 15 is 0 Å². The second-order valence-corrected chi connectivity index (χ2v) is 10.7. The van der Waals surface area contributed by atoms with Crippen LogP contribution in [0.3, 0.4) is 0 Å². The van der Waals surface area contributed by atoms with Crippen LogP contribution in [-0.4, -0.2) is 40.3 Å². The number of carbonyl (C=O) groups is 1. The first-order chi connectivity index (χ1) is 16.4. The van der Waals surface area contributed by atoms with E-state index < -0.39 is 10.0 Å². The number of aryl methyl sites for hydroxylation is 1. The molecule has 3 aromatic carbocycles. The zero-order valence-corrected chi connectivity index (χ0v) is 21.1. The lowest BCUT2D eigenvalue weighted by Gasteiger charge is -2.25. The third-order valence-corrected chi connectivity index (χ3v) is 8.00. The number of hydrogen-bond donors (Lipinski definition) is 1. The van der Waals surface area contributed by atoms with Gasteiger partial charge in [0.05, 0.1) is 17.7 Å². The number of para-hydroxylation sites is 2. The van der Waals surface area contributed by atoms with E-state index in [1.165, 1.54) is 30.4 Å². The number of rotatable bonds is 12. The highest BCUT2D eigenvalue weighted by molar-refractivity contribution is 7.98. The first-order valence-electron chi connectivity index (χ1n) is 11.0. The van der Waals surface area contributed by atoms with Crippen LogP contribution in [0.15, 0.2) is 83.8 Å². The SMILES string of the molecule is COc1ccccc1N(CC(=O)NCCCSCc1cccc(C)c1)S(=O)(=O)c1ccccc1. The minimum atomic E-state index is -3.97. The van der Waals surface area contributed by atoms with E-state index in [2.05, 4.69) is 36.5 Å². The highest BCUT2D eigenvalue weighted by atomic mass is 32.2. The second-order valence-electron chi connectivity index (χ2n) is 7.74. The fourth-order valence-electron chi connectivity index (χ4n) is 3.44. The molecule has 0 aliphatic rings. The molecule has 1 amide bonds. The molecule has 0 aliphatic carbocycles. The van der Waals surface area contributed by atoms with Crippen LogP contribution in [0.4, 0.5) is 5.69 Å². The van der Waals surface area contributed by atoms with Gasteiger partial charge in [0.15, 0.2) is 0 Å². The quantitative estimate of drug-likeness (QED) is 0.368. The van der Waals surface area contributed by atoms with Crippen LogP contribution >= 0.6 is 11.8 Å². The molecule has 8 heteroatoms. The number of anilines is 1. The van der Waals surface area contributed by atoms with E-state index in [1.54, 1.807) is 42.5 Å². The molecule has 0 aliphatic heterocycles. The van der Waals surface area contributed by atoms with E-state index in [-0.39, 0.29) is 17.3 Å². The Bertz CT molecular complexity index is 1180. The van der Waals surface area contributed by atoms with Crippen molar-refractivity contribution in [3.05, 3.63) is 90.0 Å². The molecule has 0 spiro atoms. The van der Waals surface area contributed by atoms with E-state index in [0.29, 0.717) is 18.0 Å². The van der Waals surface area contributed by atoms with Gasteiger partial charge in [0.1, 0.15) is 12.3 Å². The van der Waals surface area contributed by atoms with Gasteiger partial charge in [0.2, 0.25) is 5.91 Å². The molecule has 0 saturated carbocycles. The molecule has 0 radical (unpaired) electrons. The maximum absolute atomic E-state index is 13.4. The molecule has 1 N–H and O–H groups in total. The molecule has 34 heavy (non-hydrogen) atoms. The standard InChI is InChI=1S/C26H30N2O4S2/c1-21-10-8-11-22(18-21)20-33-17-9-16-27-26(29)19-28(24-14-6-7-15-25(24)32-2)34(30,31)23-12-4-3-5-13-23/h3-8,10-15,18H,9,16-17,19-20H2,1-2H3,(H,27,29). The maximum atomic E-state index is 13.4. The van der Waals surface area contributed by atoms with Gasteiger partial charge in [-0.25, -0.2) is 8.42 Å². The fourth-order valence-corrected chi connectivity index (χ4v) is 5.80. The minimum absolute atomic E-state index is 0.112. The maximum Gasteiger partial charge on any atom is 0.264 e. The summed E-state index contributed by atoms with van der Waals surface area (Å²) in [6, 6.07) is 23.3. The van der Waals surface area contributed by atoms with Crippen LogP contribution < -0.4 is 14.4 Å².